The Morgan fingerprint density at radius 2 is 1.43 bits per heavy atom. The molecule has 0 radical (unpaired) electrons. The number of nitrogens with one attached hydrogen (secondary N) is 1. The maximum atomic E-state index is 13.6. The van der Waals surface area contributed by atoms with Gasteiger partial charge in [0, 0.05) is 0 Å². The van der Waals surface area contributed by atoms with Crippen molar-refractivity contribution < 1.29 is 26.9 Å². The fraction of sp³-hybridized carbons (Fsp3) is 0.950. The standard InChI is InChI=1S/C20H38F3NO3S/c1-6-7-8-9-10-11-12-13-14-15-16(18(25)27-5)17(20(21,22)23)24-28(26)19(2,3)4/h16-17,24H,6-15H2,1-5H3/t16-,17-,28-/m1/s1. The van der Waals surface area contributed by atoms with Gasteiger partial charge in [-0.25, -0.2) is 8.93 Å². The van der Waals surface area contributed by atoms with E-state index in [0.717, 1.165) is 32.8 Å². The van der Waals surface area contributed by atoms with Crippen molar-refractivity contribution in [1.82, 2.24) is 4.72 Å². The molecule has 0 aromatic rings. The van der Waals surface area contributed by atoms with Crippen molar-refractivity contribution in [3.05, 3.63) is 0 Å². The average Bonchev–Trinajstić information content (AvgIpc) is 2.59. The number of hydrogen-bond donors (Lipinski definition) is 1. The number of rotatable bonds is 14. The topological polar surface area (TPSA) is 55.4 Å². The van der Waals surface area contributed by atoms with Crippen molar-refractivity contribution in [3.8, 4) is 0 Å². The van der Waals surface area contributed by atoms with Crippen molar-refractivity contribution >= 4 is 17.0 Å². The summed E-state index contributed by atoms with van der Waals surface area (Å²) >= 11 is 0. The first kappa shape index (κ1) is 27.4. The first-order valence-electron chi connectivity index (χ1n) is 10.3. The summed E-state index contributed by atoms with van der Waals surface area (Å²) in [5.41, 5.74) is 0. The Balaban J connectivity index is 4.74. The minimum atomic E-state index is -4.70. The van der Waals surface area contributed by atoms with Gasteiger partial charge in [-0.1, -0.05) is 64.7 Å². The summed E-state index contributed by atoms with van der Waals surface area (Å²) in [5.74, 6) is -2.32. The number of halogens is 3. The van der Waals surface area contributed by atoms with E-state index in [4.69, 9.17) is 0 Å². The molecule has 3 atom stereocenters. The van der Waals surface area contributed by atoms with Gasteiger partial charge in [0.05, 0.1) is 28.8 Å². The van der Waals surface area contributed by atoms with Crippen LogP contribution in [-0.2, 0) is 20.5 Å². The van der Waals surface area contributed by atoms with Crippen LogP contribution in [0.2, 0.25) is 0 Å². The first-order valence-corrected chi connectivity index (χ1v) is 11.4. The fourth-order valence-electron chi connectivity index (χ4n) is 2.92. The van der Waals surface area contributed by atoms with E-state index in [1.165, 1.54) is 25.7 Å². The highest BCUT2D eigenvalue weighted by Gasteiger charge is 2.49. The van der Waals surface area contributed by atoms with Crippen LogP contribution in [0.5, 0.6) is 0 Å². The monoisotopic (exact) mass is 429 g/mol. The summed E-state index contributed by atoms with van der Waals surface area (Å²) in [7, 11) is -0.862. The highest BCUT2D eigenvalue weighted by molar-refractivity contribution is 7.84. The molecular formula is C20H38F3NO3S. The molecule has 0 aliphatic heterocycles. The van der Waals surface area contributed by atoms with Crippen LogP contribution in [0.4, 0.5) is 13.2 Å². The maximum Gasteiger partial charge on any atom is 0.405 e. The molecule has 0 saturated carbocycles. The van der Waals surface area contributed by atoms with Crippen molar-refractivity contribution in [3.63, 3.8) is 0 Å². The van der Waals surface area contributed by atoms with Gasteiger partial charge in [0.1, 0.15) is 6.04 Å². The molecule has 0 fully saturated rings. The molecule has 0 heterocycles. The molecule has 0 rings (SSSR count). The van der Waals surface area contributed by atoms with Crippen LogP contribution < -0.4 is 4.72 Å². The molecule has 0 aromatic carbocycles. The van der Waals surface area contributed by atoms with E-state index in [1.54, 1.807) is 20.8 Å². The summed E-state index contributed by atoms with van der Waals surface area (Å²) in [6, 6.07) is -2.19. The average molecular weight is 430 g/mol. The van der Waals surface area contributed by atoms with E-state index in [2.05, 4.69) is 16.4 Å². The maximum absolute atomic E-state index is 13.6. The number of hydrogen-bond acceptors (Lipinski definition) is 3. The number of carbonyl (C=O) groups is 1. The highest BCUT2D eigenvalue weighted by Crippen LogP contribution is 2.31. The van der Waals surface area contributed by atoms with Gasteiger partial charge in [-0.15, -0.1) is 0 Å². The largest absolute Gasteiger partial charge is 0.469 e. The molecule has 0 aromatic heterocycles. The predicted octanol–water partition coefficient (Wildman–Crippen LogP) is 5.68. The summed E-state index contributed by atoms with van der Waals surface area (Å²) in [4.78, 5) is 12.0. The Hall–Kier alpha value is -0.630. The van der Waals surface area contributed by atoms with Gasteiger partial charge < -0.3 is 4.74 Å². The van der Waals surface area contributed by atoms with Crippen LogP contribution in [-0.4, -0.2) is 34.3 Å². The second kappa shape index (κ2) is 13.6. The van der Waals surface area contributed by atoms with Gasteiger partial charge >= 0.3 is 12.1 Å². The SMILES string of the molecule is CCCCCCCCCCC[C@@H](C(=O)OC)[C@@H](N[S@](=O)C(C)(C)C)C(F)(F)F. The van der Waals surface area contributed by atoms with Gasteiger partial charge in [0.25, 0.3) is 0 Å². The molecule has 0 unspecified atom stereocenters. The van der Waals surface area contributed by atoms with Crippen LogP contribution in [0.25, 0.3) is 0 Å². The third kappa shape index (κ3) is 11.4. The quantitative estimate of drug-likeness (QED) is 0.285. The van der Waals surface area contributed by atoms with Crippen molar-refractivity contribution in [2.75, 3.05) is 7.11 Å². The zero-order chi connectivity index (χ0) is 21.8. The number of unbranched alkanes of at least 4 members (excludes halogenated alkanes) is 8. The Kier molecular flexibility index (Phi) is 13.3. The molecule has 28 heavy (non-hydrogen) atoms. The molecule has 0 aliphatic rings. The number of ether oxygens (including phenoxy) is 1. The van der Waals surface area contributed by atoms with Gasteiger partial charge in [-0.05, 0) is 27.2 Å². The Labute approximate surface area is 171 Å². The summed E-state index contributed by atoms with van der Waals surface area (Å²) in [5, 5.41) is 0. The summed E-state index contributed by atoms with van der Waals surface area (Å²) < 4.78 is 58.8. The van der Waals surface area contributed by atoms with Gasteiger partial charge in [0.2, 0.25) is 0 Å². The molecular weight excluding hydrogens is 391 g/mol. The Morgan fingerprint density at radius 3 is 1.82 bits per heavy atom. The van der Waals surface area contributed by atoms with Crippen LogP contribution in [0.15, 0.2) is 0 Å². The molecule has 0 bridgehead atoms. The van der Waals surface area contributed by atoms with Gasteiger partial charge in [-0.2, -0.15) is 13.2 Å². The van der Waals surface area contributed by atoms with Crippen molar-refractivity contribution in [1.29, 1.82) is 0 Å². The Morgan fingerprint density at radius 1 is 0.964 bits per heavy atom. The summed E-state index contributed by atoms with van der Waals surface area (Å²) in [6.45, 7) is 6.91. The molecule has 1 N–H and O–H groups in total. The van der Waals surface area contributed by atoms with Crippen molar-refractivity contribution in [2.24, 2.45) is 5.92 Å². The number of methoxy groups -OCH3 is 1. The molecule has 0 spiro atoms. The van der Waals surface area contributed by atoms with Crippen LogP contribution in [0, 0.1) is 5.92 Å². The number of alkyl halides is 3. The van der Waals surface area contributed by atoms with E-state index < -0.39 is 39.8 Å². The van der Waals surface area contributed by atoms with Crippen molar-refractivity contribution in [2.45, 2.75) is 109 Å². The van der Waals surface area contributed by atoms with E-state index >= 15 is 0 Å². The zero-order valence-corrected chi connectivity index (χ0v) is 18.8. The second-order valence-electron chi connectivity index (χ2n) is 8.26. The minimum Gasteiger partial charge on any atom is -0.469 e. The third-order valence-electron chi connectivity index (χ3n) is 4.67. The van der Waals surface area contributed by atoms with Gasteiger partial charge in [-0.3, -0.25) is 4.79 Å². The lowest BCUT2D eigenvalue weighted by Gasteiger charge is -2.30. The lowest BCUT2D eigenvalue weighted by atomic mass is 9.93. The molecule has 168 valence electrons. The third-order valence-corrected chi connectivity index (χ3v) is 6.25. The van der Waals surface area contributed by atoms with E-state index in [1.807, 2.05) is 0 Å². The molecule has 0 aliphatic carbocycles. The van der Waals surface area contributed by atoms with E-state index in [9.17, 15) is 22.2 Å². The van der Waals surface area contributed by atoms with Gasteiger partial charge in [0.15, 0.2) is 0 Å². The zero-order valence-electron chi connectivity index (χ0n) is 18.0. The smallest absolute Gasteiger partial charge is 0.405 e. The molecule has 4 nitrogen and oxygen atoms in total. The summed E-state index contributed by atoms with van der Waals surface area (Å²) in [6.07, 6.45) is 4.63. The number of carbonyl (C=O) groups excluding carboxylic acids is 1. The minimum absolute atomic E-state index is 0.0566. The van der Waals surface area contributed by atoms with Crippen LogP contribution in [0.3, 0.4) is 0 Å². The number of esters is 1. The molecule has 0 saturated heterocycles. The van der Waals surface area contributed by atoms with E-state index in [-0.39, 0.29) is 6.42 Å². The van der Waals surface area contributed by atoms with Crippen LogP contribution >= 0.6 is 0 Å². The predicted molar refractivity (Wildman–Crippen MR) is 108 cm³/mol. The lowest BCUT2D eigenvalue weighted by molar-refractivity contribution is -0.178. The molecule has 0 amide bonds. The van der Waals surface area contributed by atoms with E-state index in [0.29, 0.717) is 6.42 Å². The lowest BCUT2D eigenvalue weighted by Crippen LogP contribution is -2.53. The fourth-order valence-corrected chi connectivity index (χ4v) is 3.80. The Bertz CT molecular complexity index is 465. The first-order chi connectivity index (χ1) is 12.9. The molecule has 8 heteroatoms. The van der Waals surface area contributed by atoms with Crippen LogP contribution in [0.1, 0.15) is 91.9 Å². The highest BCUT2D eigenvalue weighted by atomic mass is 32.2. The second-order valence-corrected chi connectivity index (χ2v) is 10.3. The normalized spacial score (nSPS) is 15.9.